The van der Waals surface area contributed by atoms with Gasteiger partial charge in [-0.2, -0.15) is 4.68 Å². The minimum Gasteiger partial charge on any atom is -0.373 e. The number of aromatic nitrogens is 4. The van der Waals surface area contributed by atoms with Gasteiger partial charge in [-0.05, 0) is 82.4 Å². The molecule has 11 heteroatoms. The topological polar surface area (TPSA) is 101 Å². The summed E-state index contributed by atoms with van der Waals surface area (Å²) >= 11 is 1.77. The lowest BCUT2D eigenvalue weighted by atomic mass is 9.89. The summed E-state index contributed by atoms with van der Waals surface area (Å²) in [6.07, 6.45) is 4.66. The molecule has 0 amide bonds. The van der Waals surface area contributed by atoms with E-state index in [1.165, 1.54) is 4.90 Å². The number of ketones is 2. The van der Waals surface area contributed by atoms with Gasteiger partial charge in [-0.3, -0.25) is 14.5 Å². The van der Waals surface area contributed by atoms with Gasteiger partial charge in [0.15, 0.2) is 0 Å². The van der Waals surface area contributed by atoms with E-state index in [1.807, 2.05) is 48.7 Å². The molecule has 0 radical (unpaired) electrons. The van der Waals surface area contributed by atoms with E-state index >= 15 is 0 Å². The largest absolute Gasteiger partial charge is 0.373 e. The first kappa shape index (κ1) is 30.9. The Morgan fingerprint density at radius 3 is 2.51 bits per heavy atom. The van der Waals surface area contributed by atoms with Crippen LogP contribution in [0.2, 0.25) is 0 Å². The van der Waals surface area contributed by atoms with Crippen LogP contribution in [0.25, 0.3) is 0 Å². The highest BCUT2D eigenvalue weighted by Gasteiger charge is 2.41. The van der Waals surface area contributed by atoms with Crippen molar-refractivity contribution in [2.45, 2.75) is 36.1 Å². The molecule has 45 heavy (non-hydrogen) atoms. The van der Waals surface area contributed by atoms with Gasteiger partial charge in [0.2, 0.25) is 11.6 Å². The summed E-state index contributed by atoms with van der Waals surface area (Å²) < 4.78 is 1.74. The molecule has 0 bridgehead atoms. The average Bonchev–Trinajstić information content (AvgIpc) is 3.49. The van der Waals surface area contributed by atoms with Gasteiger partial charge in [0.05, 0.1) is 10.5 Å². The van der Waals surface area contributed by atoms with Crippen LogP contribution in [-0.4, -0.2) is 95.4 Å². The molecule has 1 fully saturated rings. The monoisotopic (exact) mass is 625 g/mol. The van der Waals surface area contributed by atoms with Crippen LogP contribution in [0.4, 0.5) is 11.5 Å². The molecule has 3 heterocycles. The number of rotatable bonds is 13. The number of nitrogens with one attached hydrogen (secondary N) is 2. The quantitative estimate of drug-likeness (QED) is 0.114. The lowest BCUT2D eigenvalue weighted by molar-refractivity contribution is -0.755. The molecule has 1 aliphatic carbocycles. The van der Waals surface area contributed by atoms with Crippen molar-refractivity contribution in [3.63, 3.8) is 0 Å². The van der Waals surface area contributed by atoms with Crippen molar-refractivity contribution in [1.29, 1.82) is 0 Å². The van der Waals surface area contributed by atoms with Crippen molar-refractivity contribution in [3.8, 4) is 0 Å². The van der Waals surface area contributed by atoms with Crippen LogP contribution >= 0.6 is 11.8 Å². The molecule has 4 aromatic rings. The van der Waals surface area contributed by atoms with Crippen LogP contribution in [0, 0.1) is 0 Å². The second-order valence-electron chi connectivity index (χ2n) is 11.9. The second-order valence-corrected chi connectivity index (χ2v) is 13.1. The van der Waals surface area contributed by atoms with Crippen molar-refractivity contribution >= 4 is 34.8 Å². The summed E-state index contributed by atoms with van der Waals surface area (Å²) in [4.78, 5) is 39.9. The fourth-order valence-corrected chi connectivity index (χ4v) is 7.09. The van der Waals surface area contributed by atoms with Crippen LogP contribution in [-0.2, 0) is 6.54 Å². The first-order valence-corrected chi connectivity index (χ1v) is 16.6. The fraction of sp³-hybridized carbons (Fsp3) is 0.382. The van der Waals surface area contributed by atoms with Crippen LogP contribution in [0.5, 0.6) is 0 Å². The van der Waals surface area contributed by atoms with E-state index in [1.54, 1.807) is 22.5 Å². The molecular formula is C34H41N8O2S+. The van der Waals surface area contributed by atoms with Crippen LogP contribution in [0.15, 0.2) is 77.8 Å². The van der Waals surface area contributed by atoms with Gasteiger partial charge in [-0.1, -0.05) is 29.5 Å². The Bertz CT molecular complexity index is 1600. The number of nitrogens with zero attached hydrogens (tertiary/aromatic N) is 6. The number of anilines is 2. The second kappa shape index (κ2) is 14.4. The Kier molecular flexibility index (Phi) is 9.88. The van der Waals surface area contributed by atoms with Crippen LogP contribution in [0.3, 0.4) is 0 Å². The third-order valence-electron chi connectivity index (χ3n) is 8.34. The standard InChI is InChI=1S/C34H40N8O2S/c1-39(2)17-8-13-30(45-26-10-4-3-5-11-26)36-25-14-15-27-28(24-25)33(43)31-32(34(27)44)42(38-37-31)19-9-18-40-20-22-41(23-21-40)29-12-6-7-16-35-29/h3-7,10-12,14-16,24,30H,8-9,13,17-23H2,1-2H3,(H,36,44)/p+1. The predicted octanol–water partition coefficient (Wildman–Crippen LogP) is 3.95. The Morgan fingerprint density at radius 2 is 1.76 bits per heavy atom. The number of thioether (sulfide) groups is 1. The van der Waals surface area contributed by atoms with Gasteiger partial charge >= 0.3 is 5.69 Å². The van der Waals surface area contributed by atoms with Gasteiger partial charge in [0, 0.05) is 60.6 Å². The maximum absolute atomic E-state index is 13.7. The number of hydrogen-bond acceptors (Lipinski definition) is 9. The molecule has 2 N–H and O–H groups in total. The van der Waals surface area contributed by atoms with Gasteiger partial charge in [-0.25, -0.2) is 4.98 Å². The van der Waals surface area contributed by atoms with Gasteiger partial charge in [0.1, 0.15) is 12.4 Å². The molecule has 0 spiro atoms. The molecule has 1 aliphatic heterocycles. The van der Waals surface area contributed by atoms with E-state index in [-0.39, 0.29) is 22.6 Å². The number of aromatic amines is 1. The van der Waals surface area contributed by atoms with Crippen molar-refractivity contribution in [1.82, 2.24) is 25.1 Å². The number of H-pyrrole nitrogens is 1. The number of piperazine rings is 1. The van der Waals surface area contributed by atoms with E-state index in [0.29, 0.717) is 23.4 Å². The van der Waals surface area contributed by atoms with Crippen molar-refractivity contribution in [2.75, 3.05) is 63.6 Å². The molecule has 2 aliphatic rings. The average molecular weight is 626 g/mol. The van der Waals surface area contributed by atoms with Gasteiger partial charge < -0.3 is 15.1 Å². The molecule has 0 saturated carbocycles. The van der Waals surface area contributed by atoms with E-state index < -0.39 is 0 Å². The summed E-state index contributed by atoms with van der Waals surface area (Å²) in [5.41, 5.74) is 2.21. The minimum absolute atomic E-state index is 0.112. The first-order valence-electron chi connectivity index (χ1n) is 15.7. The molecule has 2 aromatic carbocycles. The fourth-order valence-electron chi connectivity index (χ4n) is 5.96. The summed E-state index contributed by atoms with van der Waals surface area (Å²) in [7, 11) is 4.16. The first-order chi connectivity index (χ1) is 22.0. The Morgan fingerprint density at radius 1 is 0.956 bits per heavy atom. The Hall–Kier alpha value is -4.06. The summed E-state index contributed by atoms with van der Waals surface area (Å²) in [5.74, 6) is 0.642. The number of fused-ring (bicyclic) bond motifs is 2. The molecule has 6 rings (SSSR count). The van der Waals surface area contributed by atoms with E-state index in [0.717, 1.165) is 70.0 Å². The smallest absolute Gasteiger partial charge is 0.300 e. The highest BCUT2D eigenvalue weighted by atomic mass is 32.2. The highest BCUT2D eigenvalue weighted by Crippen LogP contribution is 2.31. The van der Waals surface area contributed by atoms with E-state index in [9.17, 15) is 9.59 Å². The highest BCUT2D eigenvalue weighted by molar-refractivity contribution is 8.00. The Labute approximate surface area is 268 Å². The zero-order valence-electron chi connectivity index (χ0n) is 26.0. The molecule has 1 unspecified atom stereocenters. The number of pyridine rings is 1. The molecule has 2 aromatic heterocycles. The number of carbonyl (C=O) groups excluding carboxylic acids is 2. The summed E-state index contributed by atoms with van der Waals surface area (Å²) in [6.45, 7) is 6.28. The van der Waals surface area contributed by atoms with Gasteiger partial charge in [-0.15, -0.1) is 11.8 Å². The number of benzene rings is 2. The normalized spacial score (nSPS) is 15.7. The zero-order chi connectivity index (χ0) is 31.2. The minimum atomic E-state index is -0.219. The predicted molar refractivity (Wildman–Crippen MR) is 177 cm³/mol. The maximum atomic E-state index is 13.7. The summed E-state index contributed by atoms with van der Waals surface area (Å²) in [6, 6.07) is 21.8. The SMILES string of the molecule is CN(C)CCCC(Nc1ccc2c(c1)C(=O)c1n[nH][n+](CCCN3CCN(c4ccccn4)CC3)c1C2=O)Sc1ccccc1. The molecule has 234 valence electrons. The molecule has 1 saturated heterocycles. The Balaban J connectivity index is 1.08. The lowest BCUT2D eigenvalue weighted by Crippen LogP contribution is -2.48. The van der Waals surface area contributed by atoms with Crippen molar-refractivity contribution in [2.24, 2.45) is 0 Å². The van der Waals surface area contributed by atoms with E-state index in [4.69, 9.17) is 0 Å². The summed E-state index contributed by atoms with van der Waals surface area (Å²) in [5, 5.41) is 11.0. The van der Waals surface area contributed by atoms with Gasteiger partial charge in [0.25, 0.3) is 5.69 Å². The van der Waals surface area contributed by atoms with E-state index in [2.05, 4.69) is 67.6 Å². The van der Waals surface area contributed by atoms with Crippen molar-refractivity contribution < 1.29 is 14.3 Å². The van der Waals surface area contributed by atoms with Crippen LogP contribution in [0.1, 0.15) is 51.4 Å². The molecule has 10 nitrogen and oxygen atoms in total. The van der Waals surface area contributed by atoms with Crippen LogP contribution < -0.4 is 14.9 Å². The third kappa shape index (κ3) is 7.43. The zero-order valence-corrected chi connectivity index (χ0v) is 26.8. The van der Waals surface area contributed by atoms with Crippen molar-refractivity contribution in [3.05, 3.63) is 95.4 Å². The number of hydrogen-bond donors (Lipinski definition) is 2. The third-order valence-corrected chi connectivity index (χ3v) is 9.52. The molecule has 1 atom stereocenters. The lowest BCUT2D eigenvalue weighted by Gasteiger charge is -2.35. The maximum Gasteiger partial charge on any atom is 0.300 e. The molecular weight excluding hydrogens is 584 g/mol. The number of aryl methyl sites for hydroxylation is 1. The number of carbonyl (C=O) groups is 2.